The SMILES string of the molecule is COc1ccc(CC(OC(=O)/C=C/c2ccc3ccccc3c2)C(=O)NO)cc1OC. The first-order valence-corrected chi connectivity index (χ1v) is 9.56. The van der Waals surface area contributed by atoms with Gasteiger partial charge in [-0.3, -0.25) is 10.0 Å². The Balaban J connectivity index is 1.71. The van der Waals surface area contributed by atoms with Gasteiger partial charge >= 0.3 is 5.97 Å². The molecule has 1 atom stereocenters. The molecule has 7 heteroatoms. The van der Waals surface area contributed by atoms with Gasteiger partial charge in [-0.25, -0.2) is 10.3 Å². The first-order valence-electron chi connectivity index (χ1n) is 9.56. The van der Waals surface area contributed by atoms with Crippen LogP contribution < -0.4 is 15.0 Å². The molecule has 3 aromatic rings. The third kappa shape index (κ3) is 5.61. The molecule has 31 heavy (non-hydrogen) atoms. The van der Waals surface area contributed by atoms with E-state index in [-0.39, 0.29) is 6.42 Å². The molecule has 0 aliphatic heterocycles. The molecule has 0 saturated heterocycles. The minimum Gasteiger partial charge on any atom is -0.493 e. The number of fused-ring (bicyclic) bond motifs is 1. The Hall–Kier alpha value is -3.84. The lowest BCUT2D eigenvalue weighted by Crippen LogP contribution is -2.37. The predicted molar refractivity (Wildman–Crippen MR) is 116 cm³/mol. The molecule has 0 radical (unpaired) electrons. The molecular formula is C24H23NO6. The fourth-order valence-corrected chi connectivity index (χ4v) is 3.14. The van der Waals surface area contributed by atoms with Crippen molar-refractivity contribution in [2.75, 3.05) is 14.2 Å². The highest BCUT2D eigenvalue weighted by molar-refractivity contribution is 5.91. The summed E-state index contributed by atoms with van der Waals surface area (Å²) >= 11 is 0. The van der Waals surface area contributed by atoms with Crippen molar-refractivity contribution in [1.82, 2.24) is 5.48 Å². The average molecular weight is 421 g/mol. The number of carbonyl (C=O) groups is 2. The quantitative estimate of drug-likeness (QED) is 0.250. The van der Waals surface area contributed by atoms with Crippen molar-refractivity contribution in [2.24, 2.45) is 0 Å². The number of hydroxylamine groups is 1. The van der Waals surface area contributed by atoms with Gasteiger partial charge in [0.25, 0.3) is 5.91 Å². The summed E-state index contributed by atoms with van der Waals surface area (Å²) < 4.78 is 15.7. The van der Waals surface area contributed by atoms with E-state index in [0.717, 1.165) is 16.3 Å². The lowest BCUT2D eigenvalue weighted by atomic mass is 10.1. The zero-order valence-corrected chi connectivity index (χ0v) is 17.2. The van der Waals surface area contributed by atoms with Gasteiger partial charge in [-0.1, -0.05) is 42.5 Å². The molecule has 1 amide bonds. The van der Waals surface area contributed by atoms with E-state index in [2.05, 4.69) is 0 Å². The van der Waals surface area contributed by atoms with Gasteiger partial charge in [-0.2, -0.15) is 0 Å². The minimum atomic E-state index is -1.23. The Labute approximate surface area is 179 Å². The van der Waals surface area contributed by atoms with E-state index >= 15 is 0 Å². The molecular weight excluding hydrogens is 398 g/mol. The van der Waals surface area contributed by atoms with E-state index in [1.165, 1.54) is 25.8 Å². The molecule has 2 N–H and O–H groups in total. The van der Waals surface area contributed by atoms with Gasteiger partial charge in [-0.15, -0.1) is 0 Å². The average Bonchev–Trinajstić information content (AvgIpc) is 2.81. The standard InChI is InChI=1S/C24H23NO6/c1-29-20-11-8-17(14-21(20)30-2)15-22(24(27)25-28)31-23(26)12-9-16-7-10-18-5-3-4-6-19(18)13-16/h3-14,22,28H,15H2,1-2H3,(H,25,27)/b12-9+. The van der Waals surface area contributed by atoms with Crippen LogP contribution in [0.2, 0.25) is 0 Å². The molecule has 0 aliphatic rings. The maximum absolute atomic E-state index is 12.3. The Morgan fingerprint density at radius 2 is 1.71 bits per heavy atom. The number of rotatable bonds is 8. The second-order valence-electron chi connectivity index (χ2n) is 6.73. The Morgan fingerprint density at radius 1 is 0.968 bits per heavy atom. The number of nitrogens with one attached hydrogen (secondary N) is 1. The maximum atomic E-state index is 12.3. The molecule has 0 aliphatic carbocycles. The van der Waals surface area contributed by atoms with Crippen LogP contribution in [0, 0.1) is 0 Å². The largest absolute Gasteiger partial charge is 0.493 e. The highest BCUT2D eigenvalue weighted by Gasteiger charge is 2.23. The summed E-state index contributed by atoms with van der Waals surface area (Å²) in [5.74, 6) is -0.528. The van der Waals surface area contributed by atoms with Crippen LogP contribution >= 0.6 is 0 Å². The highest BCUT2D eigenvalue weighted by Crippen LogP contribution is 2.28. The topological polar surface area (TPSA) is 94.1 Å². The second-order valence-corrected chi connectivity index (χ2v) is 6.73. The van der Waals surface area contributed by atoms with Gasteiger partial charge in [0, 0.05) is 12.5 Å². The van der Waals surface area contributed by atoms with E-state index < -0.39 is 18.0 Å². The highest BCUT2D eigenvalue weighted by atomic mass is 16.6. The molecule has 0 spiro atoms. The van der Waals surface area contributed by atoms with Gasteiger partial charge in [0.05, 0.1) is 14.2 Å². The first-order chi connectivity index (χ1) is 15.0. The van der Waals surface area contributed by atoms with Gasteiger partial charge in [0.1, 0.15) is 0 Å². The summed E-state index contributed by atoms with van der Waals surface area (Å²) in [6.45, 7) is 0. The number of hydrogen-bond acceptors (Lipinski definition) is 6. The van der Waals surface area contributed by atoms with E-state index in [4.69, 9.17) is 19.4 Å². The molecule has 3 rings (SSSR count). The number of amides is 1. The number of methoxy groups -OCH3 is 2. The molecule has 0 heterocycles. The minimum absolute atomic E-state index is 0.0440. The lowest BCUT2D eigenvalue weighted by Gasteiger charge is -2.16. The smallest absolute Gasteiger partial charge is 0.331 e. The van der Waals surface area contributed by atoms with Crippen molar-refractivity contribution >= 4 is 28.7 Å². The number of esters is 1. The van der Waals surface area contributed by atoms with Crippen molar-refractivity contribution < 1.29 is 29.0 Å². The summed E-state index contributed by atoms with van der Waals surface area (Å²) in [5, 5.41) is 11.2. The summed E-state index contributed by atoms with van der Waals surface area (Å²) in [5.41, 5.74) is 3.02. The van der Waals surface area contributed by atoms with Crippen molar-refractivity contribution in [3.63, 3.8) is 0 Å². The number of carbonyl (C=O) groups excluding carboxylic acids is 2. The zero-order valence-electron chi connectivity index (χ0n) is 17.2. The third-order valence-corrected chi connectivity index (χ3v) is 4.72. The van der Waals surface area contributed by atoms with Crippen LogP contribution in [0.1, 0.15) is 11.1 Å². The summed E-state index contributed by atoms with van der Waals surface area (Å²) in [6, 6.07) is 18.7. The molecule has 0 saturated carbocycles. The first kappa shape index (κ1) is 21.9. The molecule has 3 aromatic carbocycles. The lowest BCUT2D eigenvalue weighted by molar-refractivity contribution is -0.155. The zero-order chi connectivity index (χ0) is 22.2. The van der Waals surface area contributed by atoms with Crippen LogP contribution in [0.3, 0.4) is 0 Å². The number of benzene rings is 3. The maximum Gasteiger partial charge on any atom is 0.331 e. The fourth-order valence-electron chi connectivity index (χ4n) is 3.14. The van der Waals surface area contributed by atoms with Crippen molar-refractivity contribution in [3.8, 4) is 11.5 Å². The summed E-state index contributed by atoms with van der Waals surface area (Å²) in [6.07, 6.45) is 1.68. The van der Waals surface area contributed by atoms with Crippen molar-refractivity contribution in [2.45, 2.75) is 12.5 Å². The van der Waals surface area contributed by atoms with Crippen LogP contribution in [0.25, 0.3) is 16.8 Å². The summed E-state index contributed by atoms with van der Waals surface area (Å²) in [4.78, 5) is 24.3. The van der Waals surface area contributed by atoms with Crippen LogP contribution in [0.5, 0.6) is 11.5 Å². The van der Waals surface area contributed by atoms with Gasteiger partial charge in [0.15, 0.2) is 17.6 Å². The van der Waals surface area contributed by atoms with Crippen LogP contribution in [-0.2, 0) is 20.7 Å². The Kier molecular flexibility index (Phi) is 7.24. The molecule has 0 aromatic heterocycles. The van der Waals surface area contributed by atoms with E-state index in [1.807, 2.05) is 42.5 Å². The molecule has 0 fully saturated rings. The molecule has 1 unspecified atom stereocenters. The van der Waals surface area contributed by atoms with E-state index in [0.29, 0.717) is 17.1 Å². The number of hydrogen-bond donors (Lipinski definition) is 2. The normalized spacial score (nSPS) is 11.8. The Bertz CT molecular complexity index is 1110. The molecule has 7 nitrogen and oxygen atoms in total. The van der Waals surface area contributed by atoms with Gasteiger partial charge in [-0.05, 0) is 46.2 Å². The van der Waals surface area contributed by atoms with Crippen LogP contribution in [0.4, 0.5) is 0 Å². The van der Waals surface area contributed by atoms with E-state index in [9.17, 15) is 9.59 Å². The predicted octanol–water partition coefficient (Wildman–Crippen LogP) is 3.53. The third-order valence-electron chi connectivity index (χ3n) is 4.72. The van der Waals surface area contributed by atoms with Crippen LogP contribution in [0.15, 0.2) is 66.7 Å². The van der Waals surface area contributed by atoms with Gasteiger partial charge < -0.3 is 14.2 Å². The van der Waals surface area contributed by atoms with Crippen molar-refractivity contribution in [1.29, 1.82) is 0 Å². The molecule has 160 valence electrons. The summed E-state index contributed by atoms with van der Waals surface area (Å²) in [7, 11) is 3.01. The number of ether oxygens (including phenoxy) is 3. The monoisotopic (exact) mass is 421 g/mol. The van der Waals surface area contributed by atoms with Crippen molar-refractivity contribution in [3.05, 3.63) is 77.9 Å². The van der Waals surface area contributed by atoms with Crippen LogP contribution in [-0.4, -0.2) is 37.4 Å². The van der Waals surface area contributed by atoms with E-state index in [1.54, 1.807) is 24.3 Å². The molecule has 0 bridgehead atoms. The van der Waals surface area contributed by atoms with Gasteiger partial charge in [0.2, 0.25) is 0 Å². The fraction of sp³-hybridized carbons (Fsp3) is 0.167. The second kappa shape index (κ2) is 10.3. The Morgan fingerprint density at radius 3 is 2.42 bits per heavy atom.